The largest absolute Gasteiger partial charge is 0.350 e. The van der Waals surface area contributed by atoms with Crippen LogP contribution in [0.15, 0.2) is 0 Å². The molecule has 9 rings (SSSR count). The van der Waals surface area contributed by atoms with Gasteiger partial charge >= 0.3 is 0 Å². The Bertz CT molecular complexity index is 659. The van der Waals surface area contributed by atoms with Gasteiger partial charge in [-0.3, -0.25) is 9.59 Å². The molecule has 0 radical (unpaired) electrons. The minimum absolute atomic E-state index is 0.124. The Morgan fingerprint density at radius 1 is 0.469 bits per heavy atom. The molecule has 9 aliphatic rings. The van der Waals surface area contributed by atoms with Crippen molar-refractivity contribution in [2.45, 2.75) is 114 Å². The Morgan fingerprint density at radius 2 is 0.719 bits per heavy atom. The molecule has 8 bridgehead atoms. The van der Waals surface area contributed by atoms with Crippen LogP contribution in [0, 0.1) is 47.3 Å². The smallest absolute Gasteiger partial charge is 0.223 e. The summed E-state index contributed by atoms with van der Waals surface area (Å²) < 4.78 is 0. The molecule has 2 N–H and O–H groups in total. The van der Waals surface area contributed by atoms with Gasteiger partial charge in [0.1, 0.15) is 0 Å². The van der Waals surface area contributed by atoms with Crippen molar-refractivity contribution >= 4 is 11.8 Å². The number of carbonyl (C=O) groups is 2. The molecule has 0 aromatic heterocycles. The molecule has 0 aliphatic heterocycles. The molecular formula is C28H42N2O2. The standard InChI is InChI=1S/C28H42N2O2/c31-25(29-27-11-17-5-18(12-27)7-19(6-17)13-27)23-1-2-24(4-3-23)26(32)30-28-14-20-8-21(15-28)10-22(9-20)16-28/h17-24H,1-16H2,(H,29,31)(H,30,32). The number of hydrogen-bond donors (Lipinski definition) is 2. The van der Waals surface area contributed by atoms with E-state index in [1.54, 1.807) is 0 Å². The molecule has 0 saturated heterocycles. The monoisotopic (exact) mass is 438 g/mol. The van der Waals surface area contributed by atoms with Gasteiger partial charge in [0.05, 0.1) is 0 Å². The summed E-state index contributed by atoms with van der Waals surface area (Å²) in [6.07, 6.45) is 19.5. The van der Waals surface area contributed by atoms with Gasteiger partial charge in [-0.05, 0) is 138 Å². The molecule has 4 heteroatoms. The second kappa shape index (κ2) is 7.22. The maximum absolute atomic E-state index is 13.2. The molecule has 9 fully saturated rings. The first-order valence-corrected chi connectivity index (χ1v) is 14.1. The third-order valence-electron chi connectivity index (χ3n) is 11.3. The third kappa shape index (κ3) is 3.45. The van der Waals surface area contributed by atoms with Crippen LogP contribution in [0.5, 0.6) is 0 Å². The number of nitrogens with one attached hydrogen (secondary N) is 2. The lowest BCUT2D eigenvalue weighted by Crippen LogP contribution is -2.61. The molecule has 0 heterocycles. The van der Waals surface area contributed by atoms with Crippen LogP contribution in [0.1, 0.15) is 103 Å². The summed E-state index contributed by atoms with van der Waals surface area (Å²) in [7, 11) is 0. The number of rotatable bonds is 4. The van der Waals surface area contributed by atoms with Crippen LogP contribution < -0.4 is 10.6 Å². The quantitative estimate of drug-likeness (QED) is 0.651. The summed E-state index contributed by atoms with van der Waals surface area (Å²) in [5.41, 5.74) is 0.247. The van der Waals surface area contributed by atoms with Crippen LogP contribution in [-0.2, 0) is 9.59 Å². The molecular weight excluding hydrogens is 396 g/mol. The Labute approximate surface area is 193 Å². The van der Waals surface area contributed by atoms with Crippen LogP contribution in [0.2, 0.25) is 0 Å². The summed E-state index contributed by atoms with van der Waals surface area (Å²) in [6.45, 7) is 0. The predicted molar refractivity (Wildman–Crippen MR) is 124 cm³/mol. The molecule has 2 amide bonds. The highest BCUT2D eigenvalue weighted by molar-refractivity contribution is 5.82. The van der Waals surface area contributed by atoms with Crippen molar-refractivity contribution in [3.63, 3.8) is 0 Å². The first kappa shape index (κ1) is 20.3. The molecule has 9 aliphatic carbocycles. The molecule has 4 nitrogen and oxygen atoms in total. The Hall–Kier alpha value is -1.06. The van der Waals surface area contributed by atoms with Crippen LogP contribution in [0.4, 0.5) is 0 Å². The van der Waals surface area contributed by atoms with Crippen molar-refractivity contribution in [3.05, 3.63) is 0 Å². The first-order valence-electron chi connectivity index (χ1n) is 14.1. The van der Waals surface area contributed by atoms with E-state index in [1.807, 2.05) is 0 Å². The van der Waals surface area contributed by atoms with Crippen LogP contribution >= 0.6 is 0 Å². The predicted octanol–water partition coefficient (Wildman–Crippen LogP) is 4.96. The van der Waals surface area contributed by atoms with E-state index < -0.39 is 0 Å². The fraction of sp³-hybridized carbons (Fsp3) is 0.929. The van der Waals surface area contributed by atoms with Gasteiger partial charge in [-0.1, -0.05) is 0 Å². The second-order valence-electron chi connectivity index (χ2n) is 13.9. The SMILES string of the molecule is O=C(NC12CC3CC(CC(C3)C1)C2)C1CCC(C(=O)NC23CC4CC(CC(C4)C2)C3)CC1. The Morgan fingerprint density at radius 3 is 0.969 bits per heavy atom. The lowest BCUT2D eigenvalue weighted by molar-refractivity contribution is -0.136. The zero-order valence-electron chi connectivity index (χ0n) is 19.7. The summed E-state index contributed by atoms with van der Waals surface area (Å²) in [5.74, 6) is 6.08. The van der Waals surface area contributed by atoms with E-state index in [0.717, 1.165) is 61.2 Å². The number of carbonyl (C=O) groups excluding carboxylic acids is 2. The molecule has 0 unspecified atom stereocenters. The Kier molecular flexibility index (Phi) is 4.58. The maximum atomic E-state index is 13.2. The molecule has 0 aromatic rings. The number of amides is 2. The molecule has 0 atom stereocenters. The molecule has 0 aromatic carbocycles. The maximum Gasteiger partial charge on any atom is 0.223 e. The van der Waals surface area contributed by atoms with E-state index in [-0.39, 0.29) is 22.9 Å². The molecule has 9 saturated carbocycles. The lowest BCUT2D eigenvalue weighted by Gasteiger charge is -2.57. The zero-order valence-corrected chi connectivity index (χ0v) is 19.7. The van der Waals surface area contributed by atoms with Gasteiger partial charge < -0.3 is 10.6 Å². The minimum atomic E-state index is 0.124. The van der Waals surface area contributed by atoms with Gasteiger partial charge in [-0.15, -0.1) is 0 Å². The van der Waals surface area contributed by atoms with Gasteiger partial charge in [-0.2, -0.15) is 0 Å². The first-order chi connectivity index (χ1) is 15.4. The van der Waals surface area contributed by atoms with Crippen molar-refractivity contribution in [1.29, 1.82) is 0 Å². The minimum Gasteiger partial charge on any atom is -0.350 e. The van der Waals surface area contributed by atoms with Gasteiger partial charge in [0.25, 0.3) is 0 Å². The summed E-state index contributed by atoms with van der Waals surface area (Å²) >= 11 is 0. The van der Waals surface area contributed by atoms with Gasteiger partial charge in [0, 0.05) is 22.9 Å². The van der Waals surface area contributed by atoms with Crippen LogP contribution in [0.3, 0.4) is 0 Å². The highest BCUT2D eigenvalue weighted by Crippen LogP contribution is 2.57. The van der Waals surface area contributed by atoms with Crippen LogP contribution in [0.25, 0.3) is 0 Å². The zero-order chi connectivity index (χ0) is 21.5. The highest BCUT2D eigenvalue weighted by atomic mass is 16.2. The summed E-state index contributed by atoms with van der Waals surface area (Å²) in [5, 5.41) is 7.20. The van der Waals surface area contributed by atoms with Crippen LogP contribution in [-0.4, -0.2) is 22.9 Å². The van der Waals surface area contributed by atoms with E-state index in [0.29, 0.717) is 11.8 Å². The number of hydrogen-bond acceptors (Lipinski definition) is 2. The van der Waals surface area contributed by atoms with E-state index in [1.165, 1.54) is 77.0 Å². The summed E-state index contributed by atoms with van der Waals surface area (Å²) in [4.78, 5) is 26.5. The normalized spacial score (nSPS) is 52.8. The highest BCUT2D eigenvalue weighted by Gasteiger charge is 2.53. The fourth-order valence-electron chi connectivity index (χ4n) is 10.9. The van der Waals surface area contributed by atoms with Crippen molar-refractivity contribution in [3.8, 4) is 0 Å². The fourth-order valence-corrected chi connectivity index (χ4v) is 10.9. The van der Waals surface area contributed by atoms with Gasteiger partial charge in [0.2, 0.25) is 11.8 Å². The van der Waals surface area contributed by atoms with E-state index >= 15 is 0 Å². The van der Waals surface area contributed by atoms with Gasteiger partial charge in [0.15, 0.2) is 0 Å². The molecule has 0 spiro atoms. The van der Waals surface area contributed by atoms with E-state index in [9.17, 15) is 9.59 Å². The van der Waals surface area contributed by atoms with Crippen molar-refractivity contribution in [1.82, 2.24) is 10.6 Å². The molecule has 32 heavy (non-hydrogen) atoms. The molecule has 176 valence electrons. The van der Waals surface area contributed by atoms with Gasteiger partial charge in [-0.25, -0.2) is 0 Å². The average Bonchev–Trinajstić information content (AvgIpc) is 2.71. The Balaban J connectivity index is 0.938. The van der Waals surface area contributed by atoms with Crippen molar-refractivity contribution in [2.75, 3.05) is 0 Å². The second-order valence-corrected chi connectivity index (χ2v) is 13.9. The summed E-state index contributed by atoms with van der Waals surface area (Å²) in [6, 6.07) is 0. The van der Waals surface area contributed by atoms with E-state index in [2.05, 4.69) is 10.6 Å². The topological polar surface area (TPSA) is 58.2 Å². The third-order valence-corrected chi connectivity index (χ3v) is 11.3. The average molecular weight is 439 g/mol. The lowest BCUT2D eigenvalue weighted by atomic mass is 9.53. The van der Waals surface area contributed by atoms with Crippen molar-refractivity contribution in [2.24, 2.45) is 47.3 Å². The van der Waals surface area contributed by atoms with Crippen molar-refractivity contribution < 1.29 is 9.59 Å². The van der Waals surface area contributed by atoms with E-state index in [4.69, 9.17) is 0 Å².